The Morgan fingerprint density at radius 2 is 1.85 bits per heavy atom. The number of halogens is 1. The standard InChI is InChI=1S/C17H16FNO7/c1-23-15-6-3-12(18)7-11(15)9-26-17(20)10-25-13-4-5-14(19(21)22)16(8-13)24-2/h3-8H,9-10H2,1-2H3. The van der Waals surface area contributed by atoms with Gasteiger partial charge in [-0.3, -0.25) is 10.1 Å². The number of esters is 1. The minimum absolute atomic E-state index is 0.00497. The highest BCUT2D eigenvalue weighted by atomic mass is 19.1. The lowest BCUT2D eigenvalue weighted by molar-refractivity contribution is -0.385. The zero-order valence-corrected chi connectivity index (χ0v) is 14.1. The van der Waals surface area contributed by atoms with E-state index in [9.17, 15) is 19.3 Å². The number of nitro groups is 1. The maximum Gasteiger partial charge on any atom is 0.344 e. The normalized spacial score (nSPS) is 10.1. The van der Waals surface area contributed by atoms with Crippen LogP contribution in [0.1, 0.15) is 5.56 Å². The van der Waals surface area contributed by atoms with Gasteiger partial charge in [0.25, 0.3) is 0 Å². The van der Waals surface area contributed by atoms with Crippen molar-refractivity contribution in [1.29, 1.82) is 0 Å². The summed E-state index contributed by atoms with van der Waals surface area (Å²) in [5.74, 6) is -0.585. The molecule has 138 valence electrons. The van der Waals surface area contributed by atoms with Crippen LogP contribution in [0.5, 0.6) is 17.2 Å². The van der Waals surface area contributed by atoms with E-state index in [2.05, 4.69) is 0 Å². The largest absolute Gasteiger partial charge is 0.496 e. The fourth-order valence-corrected chi connectivity index (χ4v) is 2.10. The first-order valence-electron chi connectivity index (χ1n) is 7.38. The van der Waals surface area contributed by atoms with Gasteiger partial charge in [-0.2, -0.15) is 0 Å². The molecule has 0 N–H and O–H groups in total. The molecule has 0 saturated heterocycles. The molecule has 0 atom stereocenters. The van der Waals surface area contributed by atoms with Crippen molar-refractivity contribution in [3.05, 3.63) is 57.9 Å². The molecule has 26 heavy (non-hydrogen) atoms. The highest BCUT2D eigenvalue weighted by molar-refractivity contribution is 5.71. The zero-order chi connectivity index (χ0) is 19.1. The second-order valence-electron chi connectivity index (χ2n) is 5.00. The van der Waals surface area contributed by atoms with E-state index in [1.165, 1.54) is 50.6 Å². The van der Waals surface area contributed by atoms with Crippen LogP contribution in [0.4, 0.5) is 10.1 Å². The Morgan fingerprint density at radius 1 is 1.12 bits per heavy atom. The minimum Gasteiger partial charge on any atom is -0.496 e. The van der Waals surface area contributed by atoms with Gasteiger partial charge >= 0.3 is 11.7 Å². The fourth-order valence-electron chi connectivity index (χ4n) is 2.10. The molecule has 0 aliphatic heterocycles. The van der Waals surface area contributed by atoms with Crippen molar-refractivity contribution in [2.24, 2.45) is 0 Å². The highest BCUT2D eigenvalue weighted by Crippen LogP contribution is 2.30. The monoisotopic (exact) mass is 365 g/mol. The van der Waals surface area contributed by atoms with Gasteiger partial charge in [0.2, 0.25) is 5.75 Å². The first-order chi connectivity index (χ1) is 12.4. The van der Waals surface area contributed by atoms with Gasteiger partial charge in [-0.05, 0) is 24.3 Å². The van der Waals surface area contributed by atoms with E-state index in [0.29, 0.717) is 11.3 Å². The fraction of sp³-hybridized carbons (Fsp3) is 0.235. The summed E-state index contributed by atoms with van der Waals surface area (Å²) in [6.45, 7) is -0.620. The van der Waals surface area contributed by atoms with E-state index in [-0.39, 0.29) is 23.8 Å². The van der Waals surface area contributed by atoms with Crippen molar-refractivity contribution in [2.75, 3.05) is 20.8 Å². The zero-order valence-electron chi connectivity index (χ0n) is 14.1. The molecule has 0 fully saturated rings. The number of nitro benzene ring substituents is 1. The lowest BCUT2D eigenvalue weighted by Crippen LogP contribution is -2.15. The molecule has 0 radical (unpaired) electrons. The molecule has 0 saturated carbocycles. The number of nitrogens with zero attached hydrogens (tertiary/aromatic N) is 1. The topological polar surface area (TPSA) is 97.1 Å². The molecule has 0 aliphatic carbocycles. The molecular formula is C17H16FNO7. The lowest BCUT2D eigenvalue weighted by Gasteiger charge is -2.10. The van der Waals surface area contributed by atoms with Crippen molar-refractivity contribution >= 4 is 11.7 Å². The van der Waals surface area contributed by atoms with Crippen LogP contribution in [0, 0.1) is 15.9 Å². The third kappa shape index (κ3) is 4.82. The third-order valence-corrected chi connectivity index (χ3v) is 3.34. The molecular weight excluding hydrogens is 349 g/mol. The van der Waals surface area contributed by atoms with Gasteiger partial charge in [-0.25, -0.2) is 9.18 Å². The van der Waals surface area contributed by atoms with Crippen LogP contribution in [0.3, 0.4) is 0 Å². The molecule has 0 spiro atoms. The summed E-state index contributed by atoms with van der Waals surface area (Å²) in [4.78, 5) is 22.0. The first-order valence-corrected chi connectivity index (χ1v) is 7.38. The Kier molecular flexibility index (Phi) is 6.31. The van der Waals surface area contributed by atoms with E-state index < -0.39 is 23.3 Å². The average molecular weight is 365 g/mol. The van der Waals surface area contributed by atoms with Crippen LogP contribution in [-0.2, 0) is 16.1 Å². The number of carbonyl (C=O) groups excluding carboxylic acids is 1. The SMILES string of the molecule is COc1ccc(F)cc1COC(=O)COc1ccc([N+](=O)[O-])c(OC)c1. The van der Waals surface area contributed by atoms with Crippen molar-refractivity contribution < 1.29 is 33.1 Å². The van der Waals surface area contributed by atoms with Crippen LogP contribution in [0.15, 0.2) is 36.4 Å². The van der Waals surface area contributed by atoms with Gasteiger partial charge in [0.15, 0.2) is 6.61 Å². The molecule has 0 bridgehead atoms. The van der Waals surface area contributed by atoms with Crippen LogP contribution < -0.4 is 14.2 Å². The summed E-state index contributed by atoms with van der Waals surface area (Å²) in [6.07, 6.45) is 0. The van der Waals surface area contributed by atoms with Gasteiger partial charge in [-0.1, -0.05) is 0 Å². The minimum atomic E-state index is -0.700. The summed E-state index contributed by atoms with van der Waals surface area (Å²) in [5.41, 5.74) is 0.151. The Hall–Kier alpha value is -3.36. The maximum absolute atomic E-state index is 13.3. The van der Waals surface area contributed by atoms with Gasteiger partial charge in [0, 0.05) is 17.7 Å². The number of hydrogen-bond acceptors (Lipinski definition) is 7. The first kappa shape index (κ1) is 19.0. The molecule has 0 heterocycles. The van der Waals surface area contributed by atoms with Gasteiger partial charge in [0.05, 0.1) is 19.1 Å². The second-order valence-corrected chi connectivity index (χ2v) is 5.00. The third-order valence-electron chi connectivity index (χ3n) is 3.34. The lowest BCUT2D eigenvalue weighted by atomic mass is 10.2. The predicted molar refractivity (Wildman–Crippen MR) is 87.9 cm³/mol. The van der Waals surface area contributed by atoms with E-state index >= 15 is 0 Å². The van der Waals surface area contributed by atoms with E-state index in [1.54, 1.807) is 0 Å². The molecule has 2 aromatic rings. The van der Waals surface area contributed by atoms with Crippen molar-refractivity contribution in [3.63, 3.8) is 0 Å². The van der Waals surface area contributed by atoms with E-state index in [1.807, 2.05) is 0 Å². The number of hydrogen-bond donors (Lipinski definition) is 0. The summed E-state index contributed by atoms with van der Waals surface area (Å²) < 4.78 is 33.5. The molecule has 0 amide bonds. The van der Waals surface area contributed by atoms with Gasteiger partial charge in [0.1, 0.15) is 23.9 Å². The van der Waals surface area contributed by atoms with Crippen molar-refractivity contribution in [1.82, 2.24) is 0 Å². The number of methoxy groups -OCH3 is 2. The number of rotatable bonds is 8. The smallest absolute Gasteiger partial charge is 0.344 e. The van der Waals surface area contributed by atoms with Crippen LogP contribution >= 0.6 is 0 Å². The predicted octanol–water partition coefficient (Wildman–Crippen LogP) is 2.87. The molecule has 8 nitrogen and oxygen atoms in total. The highest BCUT2D eigenvalue weighted by Gasteiger charge is 2.16. The van der Waals surface area contributed by atoms with Crippen molar-refractivity contribution in [2.45, 2.75) is 6.61 Å². The Balaban J connectivity index is 1.93. The van der Waals surface area contributed by atoms with Gasteiger partial charge in [-0.15, -0.1) is 0 Å². The number of ether oxygens (including phenoxy) is 4. The average Bonchev–Trinajstić information content (AvgIpc) is 2.64. The summed E-state index contributed by atoms with van der Waals surface area (Å²) >= 11 is 0. The molecule has 0 aromatic heterocycles. The molecule has 2 rings (SSSR count). The van der Waals surface area contributed by atoms with E-state index in [4.69, 9.17) is 18.9 Å². The Morgan fingerprint density at radius 3 is 2.50 bits per heavy atom. The molecule has 0 unspecified atom stereocenters. The van der Waals surface area contributed by atoms with Crippen LogP contribution in [0.25, 0.3) is 0 Å². The van der Waals surface area contributed by atoms with Crippen LogP contribution in [0.2, 0.25) is 0 Å². The summed E-state index contributed by atoms with van der Waals surface area (Å²) in [7, 11) is 2.70. The summed E-state index contributed by atoms with van der Waals surface area (Å²) in [5, 5.41) is 10.8. The van der Waals surface area contributed by atoms with Gasteiger partial charge < -0.3 is 18.9 Å². The maximum atomic E-state index is 13.3. The number of carbonyl (C=O) groups is 1. The molecule has 2 aromatic carbocycles. The summed E-state index contributed by atoms with van der Waals surface area (Å²) in [6, 6.07) is 7.70. The second kappa shape index (κ2) is 8.65. The Labute approximate surface area is 148 Å². The van der Waals surface area contributed by atoms with Crippen molar-refractivity contribution in [3.8, 4) is 17.2 Å². The Bertz CT molecular complexity index is 810. The van der Waals surface area contributed by atoms with E-state index in [0.717, 1.165) is 0 Å². The molecule has 9 heteroatoms. The number of benzene rings is 2. The van der Waals surface area contributed by atoms with Crippen LogP contribution in [-0.4, -0.2) is 31.7 Å². The quantitative estimate of drug-likeness (QED) is 0.403. The molecule has 0 aliphatic rings.